The lowest BCUT2D eigenvalue weighted by atomic mass is 9.98. The third-order valence-corrected chi connectivity index (χ3v) is 5.20. The van der Waals surface area contributed by atoms with E-state index in [4.69, 9.17) is 0 Å². The quantitative estimate of drug-likeness (QED) is 0.849. The van der Waals surface area contributed by atoms with E-state index in [0.29, 0.717) is 13.0 Å². The molecule has 3 rings (SSSR count). The summed E-state index contributed by atoms with van der Waals surface area (Å²) in [6.45, 7) is 3.88. The third-order valence-electron chi connectivity index (χ3n) is 5.20. The molecule has 1 amide bonds. The molecule has 4 nitrogen and oxygen atoms in total. The molecule has 5 heteroatoms. The highest BCUT2D eigenvalue weighted by atomic mass is 19.1. The predicted molar refractivity (Wildman–Crippen MR) is 105 cm³/mol. The van der Waals surface area contributed by atoms with Gasteiger partial charge in [0, 0.05) is 26.1 Å². The van der Waals surface area contributed by atoms with Gasteiger partial charge in [-0.3, -0.25) is 4.79 Å². The molecule has 0 aliphatic carbocycles. The van der Waals surface area contributed by atoms with Crippen LogP contribution in [0.5, 0.6) is 0 Å². The minimum Gasteiger partial charge on any atom is -0.390 e. The van der Waals surface area contributed by atoms with Gasteiger partial charge in [-0.05, 0) is 30.5 Å². The number of likely N-dealkylation sites (tertiary alicyclic amines) is 1. The van der Waals surface area contributed by atoms with Gasteiger partial charge in [0.15, 0.2) is 0 Å². The van der Waals surface area contributed by atoms with E-state index in [0.717, 1.165) is 19.5 Å². The van der Waals surface area contributed by atoms with E-state index in [1.807, 2.05) is 18.2 Å². The van der Waals surface area contributed by atoms with Gasteiger partial charge in [-0.25, -0.2) is 4.39 Å². The smallest absolute Gasteiger partial charge is 0.227 e. The molecule has 0 bridgehead atoms. The summed E-state index contributed by atoms with van der Waals surface area (Å²) in [6, 6.07) is 16.1. The van der Waals surface area contributed by atoms with E-state index in [1.54, 1.807) is 25.1 Å². The molecule has 0 spiro atoms. The fourth-order valence-corrected chi connectivity index (χ4v) is 3.74. The fourth-order valence-electron chi connectivity index (χ4n) is 3.74. The number of para-hydroxylation sites is 1. The Bertz CT molecular complexity index is 753. The number of anilines is 1. The Labute approximate surface area is 160 Å². The SMILES string of the molecule is CCC(=O)N(c1ccccc1F)C1CCN(CCc2ccccc2)CC1O. The van der Waals surface area contributed by atoms with Gasteiger partial charge in [-0.15, -0.1) is 0 Å². The van der Waals surface area contributed by atoms with E-state index >= 15 is 0 Å². The average Bonchev–Trinajstić information content (AvgIpc) is 2.70. The van der Waals surface area contributed by atoms with Gasteiger partial charge in [0.1, 0.15) is 5.82 Å². The highest BCUT2D eigenvalue weighted by molar-refractivity contribution is 5.94. The number of rotatable bonds is 6. The number of piperidine rings is 1. The lowest BCUT2D eigenvalue weighted by Crippen LogP contribution is -2.56. The second-order valence-electron chi connectivity index (χ2n) is 7.03. The van der Waals surface area contributed by atoms with Crippen molar-refractivity contribution in [3.05, 3.63) is 66.0 Å². The topological polar surface area (TPSA) is 43.8 Å². The van der Waals surface area contributed by atoms with Crippen molar-refractivity contribution in [2.24, 2.45) is 0 Å². The first-order valence-corrected chi connectivity index (χ1v) is 9.61. The van der Waals surface area contributed by atoms with Crippen molar-refractivity contribution in [3.63, 3.8) is 0 Å². The van der Waals surface area contributed by atoms with Gasteiger partial charge in [-0.1, -0.05) is 49.4 Å². The van der Waals surface area contributed by atoms with Crippen LogP contribution in [0.25, 0.3) is 0 Å². The third kappa shape index (κ3) is 4.73. The summed E-state index contributed by atoms with van der Waals surface area (Å²) < 4.78 is 14.3. The molecule has 1 N–H and O–H groups in total. The Hall–Kier alpha value is -2.24. The monoisotopic (exact) mass is 370 g/mol. The number of aliphatic hydroxyl groups excluding tert-OH is 1. The van der Waals surface area contributed by atoms with Crippen molar-refractivity contribution in [1.82, 2.24) is 4.90 Å². The standard InChI is InChI=1S/C22H27FN2O2/c1-2-22(27)25(19-11-7-6-10-18(19)23)20-13-15-24(16-21(20)26)14-12-17-8-4-3-5-9-17/h3-11,20-21,26H,2,12-16H2,1H3. The second-order valence-corrected chi connectivity index (χ2v) is 7.03. The summed E-state index contributed by atoms with van der Waals surface area (Å²) >= 11 is 0. The van der Waals surface area contributed by atoms with Gasteiger partial charge in [0.2, 0.25) is 5.91 Å². The van der Waals surface area contributed by atoms with E-state index in [9.17, 15) is 14.3 Å². The number of benzene rings is 2. The molecule has 1 saturated heterocycles. The Kier molecular flexibility index (Phi) is 6.58. The zero-order chi connectivity index (χ0) is 19.2. The lowest BCUT2D eigenvalue weighted by molar-refractivity contribution is -0.119. The fraction of sp³-hybridized carbons (Fsp3) is 0.409. The number of β-amino-alcohol motifs (C(OH)–C–C–N with tert-alkyl or cyclic N) is 1. The van der Waals surface area contributed by atoms with Crippen LogP contribution in [0.15, 0.2) is 54.6 Å². The first kappa shape index (κ1) is 19.5. The van der Waals surface area contributed by atoms with E-state index in [-0.39, 0.29) is 18.0 Å². The predicted octanol–water partition coefficient (Wildman–Crippen LogP) is 3.25. The molecule has 27 heavy (non-hydrogen) atoms. The number of nitrogens with zero attached hydrogens (tertiary/aromatic N) is 2. The summed E-state index contributed by atoms with van der Waals surface area (Å²) in [5.41, 5.74) is 1.52. The first-order valence-electron chi connectivity index (χ1n) is 9.61. The minimum absolute atomic E-state index is 0.165. The maximum absolute atomic E-state index is 14.3. The lowest BCUT2D eigenvalue weighted by Gasteiger charge is -2.41. The van der Waals surface area contributed by atoms with Crippen LogP contribution in [0.3, 0.4) is 0 Å². The van der Waals surface area contributed by atoms with E-state index in [1.165, 1.54) is 16.5 Å². The number of halogens is 1. The molecule has 1 fully saturated rings. The average molecular weight is 370 g/mol. The molecule has 0 aromatic heterocycles. The van der Waals surface area contributed by atoms with Crippen LogP contribution < -0.4 is 4.90 Å². The molecule has 0 radical (unpaired) electrons. The van der Waals surface area contributed by atoms with Gasteiger partial charge >= 0.3 is 0 Å². The molecular weight excluding hydrogens is 343 g/mol. The summed E-state index contributed by atoms with van der Waals surface area (Å²) in [4.78, 5) is 16.2. The summed E-state index contributed by atoms with van der Waals surface area (Å²) in [7, 11) is 0. The van der Waals surface area contributed by atoms with Gasteiger partial charge < -0.3 is 14.9 Å². The van der Waals surface area contributed by atoms with Crippen LogP contribution in [0, 0.1) is 5.82 Å². The maximum Gasteiger partial charge on any atom is 0.227 e. The zero-order valence-corrected chi connectivity index (χ0v) is 15.7. The van der Waals surface area contributed by atoms with Crippen LogP contribution >= 0.6 is 0 Å². The minimum atomic E-state index is -0.704. The van der Waals surface area contributed by atoms with E-state index < -0.39 is 18.0 Å². The molecule has 2 aromatic carbocycles. The number of carbonyl (C=O) groups excluding carboxylic acids is 1. The molecule has 1 heterocycles. The Morgan fingerprint density at radius 3 is 2.56 bits per heavy atom. The Balaban J connectivity index is 1.68. The summed E-state index contributed by atoms with van der Waals surface area (Å²) in [5, 5.41) is 10.7. The van der Waals surface area contributed by atoms with Crippen molar-refractivity contribution in [1.29, 1.82) is 0 Å². The van der Waals surface area contributed by atoms with Gasteiger partial charge in [0.05, 0.1) is 17.8 Å². The van der Waals surface area contributed by atoms with Crippen molar-refractivity contribution in [3.8, 4) is 0 Å². The zero-order valence-electron chi connectivity index (χ0n) is 15.7. The van der Waals surface area contributed by atoms with Crippen molar-refractivity contribution >= 4 is 11.6 Å². The van der Waals surface area contributed by atoms with Crippen LogP contribution in [0.2, 0.25) is 0 Å². The number of carbonyl (C=O) groups is 1. The van der Waals surface area contributed by atoms with Crippen LogP contribution in [0.4, 0.5) is 10.1 Å². The van der Waals surface area contributed by atoms with Crippen molar-refractivity contribution < 1.29 is 14.3 Å². The largest absolute Gasteiger partial charge is 0.390 e. The van der Waals surface area contributed by atoms with Crippen LogP contribution in [-0.4, -0.2) is 47.7 Å². The maximum atomic E-state index is 14.3. The molecule has 1 aliphatic rings. The number of hydrogen-bond donors (Lipinski definition) is 1. The van der Waals surface area contributed by atoms with Crippen molar-refractivity contribution in [2.45, 2.75) is 38.3 Å². The Morgan fingerprint density at radius 1 is 1.19 bits per heavy atom. The number of aliphatic hydroxyl groups is 1. The molecule has 0 saturated carbocycles. The second kappa shape index (κ2) is 9.11. The number of hydrogen-bond acceptors (Lipinski definition) is 3. The normalized spacial score (nSPS) is 20.4. The summed E-state index contributed by atoms with van der Waals surface area (Å²) in [6.07, 6.45) is 1.11. The molecule has 2 unspecified atom stereocenters. The summed E-state index contributed by atoms with van der Waals surface area (Å²) in [5.74, 6) is -0.597. The molecule has 2 atom stereocenters. The molecular formula is C22H27FN2O2. The Morgan fingerprint density at radius 2 is 1.89 bits per heavy atom. The van der Waals surface area contributed by atoms with Crippen molar-refractivity contribution in [2.75, 3.05) is 24.5 Å². The van der Waals surface area contributed by atoms with Crippen LogP contribution in [0.1, 0.15) is 25.3 Å². The number of amides is 1. The van der Waals surface area contributed by atoms with Crippen LogP contribution in [-0.2, 0) is 11.2 Å². The molecule has 144 valence electrons. The van der Waals surface area contributed by atoms with Gasteiger partial charge in [-0.2, -0.15) is 0 Å². The highest BCUT2D eigenvalue weighted by Gasteiger charge is 2.35. The molecule has 2 aromatic rings. The molecule has 1 aliphatic heterocycles. The first-order chi connectivity index (χ1) is 13.1. The van der Waals surface area contributed by atoms with E-state index in [2.05, 4.69) is 17.0 Å². The van der Waals surface area contributed by atoms with Gasteiger partial charge in [0.25, 0.3) is 0 Å². The highest BCUT2D eigenvalue weighted by Crippen LogP contribution is 2.27.